The first-order chi connectivity index (χ1) is 5.29. The summed E-state index contributed by atoms with van der Waals surface area (Å²) in [4.78, 5) is 0. The lowest BCUT2D eigenvalue weighted by molar-refractivity contribution is 0.105. The van der Waals surface area contributed by atoms with Gasteiger partial charge in [0, 0.05) is 13.2 Å². The molecular weight excluding hydrogens is 140 g/mol. The Morgan fingerprint density at radius 3 is 2.82 bits per heavy atom. The van der Waals surface area contributed by atoms with Gasteiger partial charge in [-0.3, -0.25) is 0 Å². The van der Waals surface area contributed by atoms with Crippen molar-refractivity contribution in [3.63, 3.8) is 0 Å². The highest BCUT2D eigenvalue weighted by Crippen LogP contribution is 2.14. The second-order valence-corrected chi connectivity index (χ2v) is 3.57. The monoisotopic (exact) mass is 158 g/mol. The molecule has 11 heavy (non-hydrogen) atoms. The zero-order chi connectivity index (χ0) is 8.10. The third-order valence-corrected chi connectivity index (χ3v) is 1.67. The van der Waals surface area contributed by atoms with Gasteiger partial charge in [0.2, 0.25) is 0 Å². The molecule has 0 amide bonds. The van der Waals surface area contributed by atoms with Crippen LogP contribution in [0.5, 0.6) is 0 Å². The molecule has 66 valence electrons. The maximum Gasteiger partial charge on any atom is 0.0810 e. The standard InChI is InChI=1S/C9H18O2/c1-8(2)6-10-5-3-4-9-7-11-9/h8-9H,3-7H2,1-2H3. The third-order valence-electron chi connectivity index (χ3n) is 1.67. The third kappa shape index (κ3) is 5.22. The minimum atomic E-state index is 0.567. The summed E-state index contributed by atoms with van der Waals surface area (Å²) in [7, 11) is 0. The van der Waals surface area contributed by atoms with Crippen molar-refractivity contribution in [2.45, 2.75) is 32.8 Å². The summed E-state index contributed by atoms with van der Waals surface area (Å²) in [5, 5.41) is 0. The second kappa shape index (κ2) is 4.73. The van der Waals surface area contributed by atoms with E-state index in [9.17, 15) is 0 Å². The summed E-state index contributed by atoms with van der Waals surface area (Å²) < 4.78 is 10.5. The Morgan fingerprint density at radius 2 is 2.27 bits per heavy atom. The van der Waals surface area contributed by atoms with Crippen LogP contribution in [0.1, 0.15) is 26.7 Å². The highest BCUT2D eigenvalue weighted by molar-refractivity contribution is 4.67. The van der Waals surface area contributed by atoms with E-state index in [1.54, 1.807) is 0 Å². The van der Waals surface area contributed by atoms with Crippen molar-refractivity contribution in [2.75, 3.05) is 19.8 Å². The van der Waals surface area contributed by atoms with E-state index in [1.165, 1.54) is 6.42 Å². The Balaban J connectivity index is 1.73. The highest BCUT2D eigenvalue weighted by Gasteiger charge is 2.20. The molecule has 0 spiro atoms. The molecule has 1 aliphatic rings. The summed E-state index contributed by atoms with van der Waals surface area (Å²) in [6.45, 7) is 7.11. The summed E-state index contributed by atoms with van der Waals surface area (Å²) in [5.41, 5.74) is 0. The fourth-order valence-electron chi connectivity index (χ4n) is 0.967. The van der Waals surface area contributed by atoms with Crippen molar-refractivity contribution in [1.29, 1.82) is 0 Å². The van der Waals surface area contributed by atoms with Crippen LogP contribution >= 0.6 is 0 Å². The predicted octanol–water partition coefficient (Wildman–Crippen LogP) is 1.84. The van der Waals surface area contributed by atoms with E-state index in [4.69, 9.17) is 9.47 Å². The first-order valence-electron chi connectivity index (χ1n) is 4.48. The molecule has 1 rings (SSSR count). The normalized spacial score (nSPS) is 22.6. The fraction of sp³-hybridized carbons (Fsp3) is 1.00. The van der Waals surface area contributed by atoms with Gasteiger partial charge in [0.05, 0.1) is 12.7 Å². The summed E-state index contributed by atoms with van der Waals surface area (Å²) in [5.74, 6) is 0.659. The zero-order valence-electron chi connectivity index (χ0n) is 7.51. The highest BCUT2D eigenvalue weighted by atomic mass is 16.6. The summed E-state index contributed by atoms with van der Waals surface area (Å²) in [6.07, 6.45) is 2.90. The average molecular weight is 158 g/mol. The zero-order valence-corrected chi connectivity index (χ0v) is 7.51. The van der Waals surface area contributed by atoms with Crippen LogP contribution in [0.15, 0.2) is 0 Å². The van der Waals surface area contributed by atoms with E-state index in [2.05, 4.69) is 13.8 Å². The van der Waals surface area contributed by atoms with Crippen LogP contribution in [0.4, 0.5) is 0 Å². The van der Waals surface area contributed by atoms with E-state index < -0.39 is 0 Å². The van der Waals surface area contributed by atoms with Gasteiger partial charge in [0.25, 0.3) is 0 Å². The molecule has 1 aliphatic heterocycles. The number of epoxide rings is 1. The van der Waals surface area contributed by atoms with Crippen LogP contribution in [0.25, 0.3) is 0 Å². The Hall–Kier alpha value is -0.0800. The molecule has 2 nitrogen and oxygen atoms in total. The van der Waals surface area contributed by atoms with Crippen molar-refractivity contribution in [3.05, 3.63) is 0 Å². The molecular formula is C9H18O2. The Kier molecular flexibility index (Phi) is 3.87. The predicted molar refractivity (Wildman–Crippen MR) is 44.6 cm³/mol. The second-order valence-electron chi connectivity index (χ2n) is 3.57. The molecule has 2 heteroatoms. The Labute approximate surface area is 68.9 Å². The van der Waals surface area contributed by atoms with Gasteiger partial charge in [-0.25, -0.2) is 0 Å². The van der Waals surface area contributed by atoms with E-state index in [0.29, 0.717) is 12.0 Å². The molecule has 1 unspecified atom stereocenters. The van der Waals surface area contributed by atoms with Crippen molar-refractivity contribution in [2.24, 2.45) is 5.92 Å². The first kappa shape index (κ1) is 9.01. The molecule has 1 fully saturated rings. The quantitative estimate of drug-likeness (QED) is 0.434. The minimum Gasteiger partial charge on any atom is -0.381 e. The van der Waals surface area contributed by atoms with Crippen molar-refractivity contribution < 1.29 is 9.47 Å². The molecule has 0 aliphatic carbocycles. The van der Waals surface area contributed by atoms with Crippen LogP contribution in [0.2, 0.25) is 0 Å². The lowest BCUT2D eigenvalue weighted by atomic mass is 10.2. The van der Waals surface area contributed by atoms with E-state index in [0.717, 1.165) is 26.2 Å². The Morgan fingerprint density at radius 1 is 1.55 bits per heavy atom. The maximum atomic E-state index is 5.42. The Bertz CT molecular complexity index is 93.7. The van der Waals surface area contributed by atoms with Crippen molar-refractivity contribution in [1.82, 2.24) is 0 Å². The van der Waals surface area contributed by atoms with Gasteiger partial charge in [-0.15, -0.1) is 0 Å². The molecule has 0 aromatic rings. The van der Waals surface area contributed by atoms with Gasteiger partial charge in [0.1, 0.15) is 0 Å². The summed E-state index contributed by atoms with van der Waals surface area (Å²) >= 11 is 0. The molecule has 0 saturated carbocycles. The maximum absolute atomic E-state index is 5.42. The smallest absolute Gasteiger partial charge is 0.0810 e. The number of hydrogen-bond acceptors (Lipinski definition) is 2. The van der Waals surface area contributed by atoms with Crippen LogP contribution in [-0.2, 0) is 9.47 Å². The van der Waals surface area contributed by atoms with Crippen molar-refractivity contribution >= 4 is 0 Å². The minimum absolute atomic E-state index is 0.567. The van der Waals surface area contributed by atoms with E-state index in [1.807, 2.05) is 0 Å². The molecule has 0 N–H and O–H groups in total. The van der Waals surface area contributed by atoms with Gasteiger partial charge < -0.3 is 9.47 Å². The van der Waals surface area contributed by atoms with Crippen LogP contribution in [0.3, 0.4) is 0 Å². The SMILES string of the molecule is CC(C)COCCCC1CO1. The molecule has 0 radical (unpaired) electrons. The summed E-state index contributed by atoms with van der Waals surface area (Å²) in [6, 6.07) is 0. The van der Waals surface area contributed by atoms with Crippen LogP contribution in [-0.4, -0.2) is 25.9 Å². The largest absolute Gasteiger partial charge is 0.381 e. The molecule has 0 aromatic carbocycles. The van der Waals surface area contributed by atoms with Gasteiger partial charge in [-0.2, -0.15) is 0 Å². The number of hydrogen-bond donors (Lipinski definition) is 0. The average Bonchev–Trinajstić information content (AvgIpc) is 2.70. The first-order valence-corrected chi connectivity index (χ1v) is 4.48. The molecule has 0 bridgehead atoms. The fourth-order valence-corrected chi connectivity index (χ4v) is 0.967. The van der Waals surface area contributed by atoms with Crippen LogP contribution in [0, 0.1) is 5.92 Å². The lowest BCUT2D eigenvalue weighted by Gasteiger charge is -2.05. The number of ether oxygens (including phenoxy) is 2. The van der Waals surface area contributed by atoms with Crippen molar-refractivity contribution in [3.8, 4) is 0 Å². The molecule has 1 saturated heterocycles. The van der Waals surface area contributed by atoms with E-state index >= 15 is 0 Å². The topological polar surface area (TPSA) is 21.8 Å². The van der Waals surface area contributed by atoms with Gasteiger partial charge >= 0.3 is 0 Å². The number of rotatable bonds is 6. The van der Waals surface area contributed by atoms with Gasteiger partial charge in [0.15, 0.2) is 0 Å². The van der Waals surface area contributed by atoms with Crippen LogP contribution < -0.4 is 0 Å². The van der Waals surface area contributed by atoms with Gasteiger partial charge in [-0.05, 0) is 18.8 Å². The molecule has 1 heterocycles. The molecule has 0 aromatic heterocycles. The van der Waals surface area contributed by atoms with E-state index in [-0.39, 0.29) is 0 Å². The van der Waals surface area contributed by atoms with Gasteiger partial charge in [-0.1, -0.05) is 13.8 Å². The molecule has 1 atom stereocenters. The lowest BCUT2D eigenvalue weighted by Crippen LogP contribution is -2.03.